The summed E-state index contributed by atoms with van der Waals surface area (Å²) in [7, 11) is -3.93. The number of nitrogens with one attached hydrogen (secondary N) is 1. The van der Waals surface area contributed by atoms with E-state index in [1.807, 2.05) is 0 Å². The van der Waals surface area contributed by atoms with Crippen molar-refractivity contribution < 1.29 is 23.4 Å². The third kappa shape index (κ3) is 4.68. The van der Waals surface area contributed by atoms with Gasteiger partial charge in [-0.15, -0.1) is 0 Å². The fraction of sp³-hybridized carbons (Fsp3) is 0.767. The largest absolute Gasteiger partial charge is 0.399 e. The second-order valence-electron chi connectivity index (χ2n) is 13.5. The van der Waals surface area contributed by atoms with Crippen molar-refractivity contribution in [3.63, 3.8) is 0 Å². The van der Waals surface area contributed by atoms with Crippen LogP contribution in [0.3, 0.4) is 0 Å². The van der Waals surface area contributed by atoms with Gasteiger partial charge in [0, 0.05) is 12.1 Å². The molecule has 0 saturated heterocycles. The number of anilines is 1. The van der Waals surface area contributed by atoms with Crippen molar-refractivity contribution in [2.24, 2.45) is 46.3 Å². The number of carbonyl (C=O) groups excluding carboxylic acids is 1. The average molecular weight is 547 g/mol. The molecule has 0 bridgehead atoms. The number of nitrogens with two attached hydrogens (primary N) is 1. The van der Waals surface area contributed by atoms with Gasteiger partial charge in [0.1, 0.15) is 0 Å². The molecule has 4 aliphatic rings. The molecule has 1 amide bonds. The Morgan fingerprint density at radius 3 is 2.47 bits per heavy atom. The molecule has 38 heavy (non-hydrogen) atoms. The van der Waals surface area contributed by atoms with Crippen molar-refractivity contribution >= 4 is 21.6 Å². The highest BCUT2D eigenvalue weighted by Crippen LogP contribution is 2.68. The predicted octanol–water partition coefficient (Wildman–Crippen LogP) is 4.48. The maximum Gasteiger partial charge on any atom is 0.264 e. The second-order valence-corrected chi connectivity index (χ2v) is 15.2. The lowest BCUT2D eigenvalue weighted by Crippen LogP contribution is -2.58. The fourth-order valence-corrected chi connectivity index (χ4v) is 10.6. The molecule has 1 aromatic rings. The topological polar surface area (TPSA) is 130 Å². The lowest BCUT2D eigenvalue weighted by Gasteiger charge is -2.62. The average Bonchev–Trinajstić information content (AvgIpc) is 3.22. The summed E-state index contributed by atoms with van der Waals surface area (Å²) in [4.78, 5) is 12.7. The van der Waals surface area contributed by atoms with E-state index in [-0.39, 0.29) is 40.3 Å². The number of carbonyl (C=O) groups is 1. The Hall–Kier alpha value is -1.64. The Balaban J connectivity index is 1.23. The minimum atomic E-state index is -3.93. The van der Waals surface area contributed by atoms with Crippen molar-refractivity contribution in [2.45, 2.75) is 102 Å². The van der Waals surface area contributed by atoms with Gasteiger partial charge in [0.15, 0.2) is 0 Å². The number of amides is 1. The molecule has 0 aromatic heterocycles. The van der Waals surface area contributed by atoms with E-state index in [1.54, 1.807) is 0 Å². The first-order chi connectivity index (χ1) is 17.9. The molecule has 5 rings (SSSR count). The van der Waals surface area contributed by atoms with E-state index in [0.29, 0.717) is 41.7 Å². The van der Waals surface area contributed by atoms with E-state index in [2.05, 4.69) is 25.5 Å². The van der Waals surface area contributed by atoms with E-state index in [9.17, 15) is 23.4 Å². The number of aliphatic hydroxyl groups is 2. The molecule has 0 radical (unpaired) electrons. The van der Waals surface area contributed by atoms with Crippen molar-refractivity contribution in [1.82, 2.24) is 4.72 Å². The number of benzene rings is 1. The minimum Gasteiger partial charge on any atom is -0.399 e. The van der Waals surface area contributed by atoms with Crippen LogP contribution in [0, 0.1) is 46.3 Å². The minimum absolute atomic E-state index is 0.0232. The Labute approximate surface area is 228 Å². The molecular formula is C30H46N2O5S. The zero-order valence-corrected chi connectivity index (χ0v) is 23.9. The number of sulfonamides is 1. The smallest absolute Gasteiger partial charge is 0.264 e. The van der Waals surface area contributed by atoms with Gasteiger partial charge >= 0.3 is 0 Å². The number of aliphatic hydroxyl groups excluding tert-OH is 2. The van der Waals surface area contributed by atoms with E-state index in [0.717, 1.165) is 38.5 Å². The van der Waals surface area contributed by atoms with Crippen molar-refractivity contribution in [2.75, 3.05) is 5.73 Å². The Kier molecular flexibility index (Phi) is 7.40. The van der Waals surface area contributed by atoms with Crippen molar-refractivity contribution in [3.8, 4) is 0 Å². The van der Waals surface area contributed by atoms with Gasteiger partial charge in [-0.05, 0) is 128 Å². The van der Waals surface area contributed by atoms with Crippen molar-refractivity contribution in [3.05, 3.63) is 24.3 Å². The Morgan fingerprint density at radius 2 is 1.76 bits per heavy atom. The second kappa shape index (κ2) is 10.1. The third-order valence-electron chi connectivity index (χ3n) is 11.8. The molecule has 4 fully saturated rings. The van der Waals surface area contributed by atoms with Gasteiger partial charge in [-0.1, -0.05) is 20.8 Å². The number of fused-ring (bicyclic) bond motifs is 5. The third-order valence-corrected chi connectivity index (χ3v) is 13.2. The van der Waals surface area contributed by atoms with Crippen LogP contribution in [0.1, 0.15) is 85.0 Å². The maximum atomic E-state index is 12.6. The molecule has 0 unspecified atom stereocenters. The molecule has 212 valence electrons. The summed E-state index contributed by atoms with van der Waals surface area (Å²) in [6.07, 6.45) is 8.41. The summed E-state index contributed by atoms with van der Waals surface area (Å²) in [5.41, 5.74) is 6.14. The first-order valence-electron chi connectivity index (χ1n) is 14.6. The van der Waals surface area contributed by atoms with Gasteiger partial charge in [-0.3, -0.25) is 4.79 Å². The summed E-state index contributed by atoms with van der Waals surface area (Å²) >= 11 is 0. The molecule has 4 aliphatic carbocycles. The van der Waals surface area contributed by atoms with Gasteiger partial charge in [0.05, 0.1) is 17.1 Å². The zero-order chi connectivity index (χ0) is 27.5. The summed E-state index contributed by atoms with van der Waals surface area (Å²) in [5.74, 6) is 2.19. The molecule has 0 heterocycles. The molecule has 10 atom stereocenters. The number of rotatable bonds is 6. The highest BCUT2D eigenvalue weighted by Gasteiger charge is 2.63. The summed E-state index contributed by atoms with van der Waals surface area (Å²) in [6, 6.07) is 5.80. The van der Waals surface area contributed by atoms with Gasteiger partial charge in [-0.2, -0.15) is 0 Å². The van der Waals surface area contributed by atoms with Crippen LogP contribution in [0.4, 0.5) is 5.69 Å². The number of nitrogen functional groups attached to an aromatic ring is 1. The molecule has 4 saturated carbocycles. The predicted molar refractivity (Wildman–Crippen MR) is 147 cm³/mol. The molecule has 8 heteroatoms. The van der Waals surface area contributed by atoms with Crippen LogP contribution in [0.15, 0.2) is 29.2 Å². The molecule has 7 nitrogen and oxygen atoms in total. The molecule has 5 N–H and O–H groups in total. The monoisotopic (exact) mass is 546 g/mol. The molecular weight excluding hydrogens is 500 g/mol. The van der Waals surface area contributed by atoms with Crippen LogP contribution in [0.25, 0.3) is 0 Å². The molecule has 1 aromatic carbocycles. The maximum absolute atomic E-state index is 12.6. The van der Waals surface area contributed by atoms with Crippen LogP contribution in [0.2, 0.25) is 0 Å². The summed E-state index contributed by atoms with van der Waals surface area (Å²) in [5, 5.41) is 22.0. The van der Waals surface area contributed by atoms with Crippen LogP contribution in [0.5, 0.6) is 0 Å². The van der Waals surface area contributed by atoms with Crippen LogP contribution < -0.4 is 10.5 Å². The standard InChI is InChI=1S/C30H46N2O5S/c1-18(4-13-28(35)32-38(36,37)22-8-6-20(31)7-9-22)24-11-12-25-23-10-5-19-16-21(33)14-15-29(19,2)26(23)17-27(34)30(24,25)3/h6-9,18-19,21,23-27,33-34H,4-5,10-17,31H2,1-3H3,(H,32,35)/t18-,19+,21+,23+,24-,25+,26+,27-,29+,30-/m1/s1. The summed E-state index contributed by atoms with van der Waals surface area (Å²) in [6.45, 7) is 6.89. The van der Waals surface area contributed by atoms with Crippen molar-refractivity contribution in [1.29, 1.82) is 0 Å². The first-order valence-corrected chi connectivity index (χ1v) is 16.1. The molecule has 0 aliphatic heterocycles. The van der Waals surface area contributed by atoms with E-state index in [1.165, 1.54) is 37.1 Å². The lowest BCUT2D eigenvalue weighted by molar-refractivity contribution is -0.174. The van der Waals surface area contributed by atoms with Gasteiger partial charge in [0.2, 0.25) is 5.91 Å². The Morgan fingerprint density at radius 1 is 1.05 bits per heavy atom. The fourth-order valence-electron chi connectivity index (χ4n) is 9.63. The SMILES string of the molecule is C[C@H](CCC(=O)NS(=O)(=O)c1ccc(N)cc1)[C@H]1CC[C@H]2[C@@H]3CC[C@H]4C[C@@H](O)CC[C@]4(C)[C@H]3C[C@@H](O)[C@]12C. The zero-order valence-electron chi connectivity index (χ0n) is 23.1. The van der Waals surface area contributed by atoms with Gasteiger partial charge < -0.3 is 15.9 Å². The van der Waals surface area contributed by atoms with Crippen LogP contribution in [-0.4, -0.2) is 36.7 Å². The van der Waals surface area contributed by atoms with Crippen LogP contribution >= 0.6 is 0 Å². The quantitative estimate of drug-likeness (QED) is 0.389. The normalized spacial score (nSPS) is 41.4. The first kappa shape index (κ1) is 27.9. The highest BCUT2D eigenvalue weighted by atomic mass is 32.2. The number of hydrogen-bond donors (Lipinski definition) is 4. The van der Waals surface area contributed by atoms with Gasteiger partial charge in [-0.25, -0.2) is 13.1 Å². The van der Waals surface area contributed by atoms with Gasteiger partial charge in [0.25, 0.3) is 10.0 Å². The number of hydrogen-bond acceptors (Lipinski definition) is 6. The van der Waals surface area contributed by atoms with Crippen LogP contribution in [-0.2, 0) is 14.8 Å². The summed E-state index contributed by atoms with van der Waals surface area (Å²) < 4.78 is 27.4. The van der Waals surface area contributed by atoms with E-state index >= 15 is 0 Å². The lowest BCUT2D eigenvalue weighted by atomic mass is 9.43. The Bertz CT molecular complexity index is 1140. The highest BCUT2D eigenvalue weighted by molar-refractivity contribution is 7.90. The van der Waals surface area contributed by atoms with E-state index < -0.39 is 15.9 Å². The van der Waals surface area contributed by atoms with E-state index in [4.69, 9.17) is 5.73 Å². The molecule has 0 spiro atoms.